The zero-order chi connectivity index (χ0) is 24.9. The molecule has 12 heteroatoms. The van der Waals surface area contributed by atoms with Gasteiger partial charge >= 0.3 is 19.1 Å². The second kappa shape index (κ2) is 8.12. The number of methoxy groups -OCH3 is 2. The minimum Gasteiger partial charge on any atom is -0.497 e. The van der Waals surface area contributed by atoms with Gasteiger partial charge in [0.05, 0.1) is 25.4 Å². The van der Waals surface area contributed by atoms with Crippen LogP contribution in [0.3, 0.4) is 0 Å². The summed E-state index contributed by atoms with van der Waals surface area (Å²) in [5, 5.41) is 19.7. The molecule has 11 nitrogen and oxygen atoms in total. The number of nitrogens with two attached hydrogens (primary N) is 1. The lowest BCUT2D eigenvalue weighted by Crippen LogP contribution is -2.41. The number of carboxylic acid groups (broad SMARTS) is 2. The molecule has 1 fully saturated rings. The van der Waals surface area contributed by atoms with E-state index in [1.54, 1.807) is 0 Å². The van der Waals surface area contributed by atoms with Crippen LogP contribution < -0.4 is 26.2 Å². The Morgan fingerprint density at radius 1 is 0.970 bits per heavy atom. The zero-order valence-electron chi connectivity index (χ0n) is 19.1. The van der Waals surface area contributed by atoms with Gasteiger partial charge in [0.25, 0.3) is 5.56 Å². The van der Waals surface area contributed by atoms with Gasteiger partial charge in [-0.3, -0.25) is 4.79 Å². The lowest BCUT2D eigenvalue weighted by molar-refractivity contribution is 0.00578. The lowest BCUT2D eigenvalue weighted by atomic mass is 9.72. The van der Waals surface area contributed by atoms with Crippen LogP contribution in [0, 0.1) is 0 Å². The summed E-state index contributed by atoms with van der Waals surface area (Å²) in [6.07, 6.45) is 0. The van der Waals surface area contributed by atoms with Crippen LogP contribution in [0.2, 0.25) is 0 Å². The number of hydrogen-bond acceptors (Lipinski definition) is 8. The van der Waals surface area contributed by atoms with E-state index in [4.69, 9.17) is 24.5 Å². The zero-order valence-corrected chi connectivity index (χ0v) is 19.1. The molecule has 0 spiro atoms. The number of carbonyl (C=O) groups is 2. The molecule has 1 aromatic carbocycles. The van der Waals surface area contributed by atoms with Gasteiger partial charge in [-0.25, -0.2) is 9.59 Å². The summed E-state index contributed by atoms with van der Waals surface area (Å²) in [5.74, 6) is -3.35. The van der Waals surface area contributed by atoms with Crippen LogP contribution in [-0.4, -0.2) is 59.7 Å². The molecule has 1 aliphatic rings. The standard InChI is InChI=1S/C21H25BN2O9/c1-20(2)21(3,4)33-22(32-20)10-7-9(30-5)8-11(31-6)12(10)13-14(18(26)27)16(23)24-17(25)15(13)19(28)29/h7-8H,1-6H3,(H,26,27)(H,28,29)(H3,23,24,25). The molecule has 0 atom stereocenters. The van der Waals surface area contributed by atoms with Crippen LogP contribution in [0.5, 0.6) is 11.5 Å². The fraction of sp³-hybridized carbons (Fsp3) is 0.381. The third-order valence-electron chi connectivity index (χ3n) is 5.99. The topological polar surface area (TPSA) is 170 Å². The highest BCUT2D eigenvalue weighted by Crippen LogP contribution is 2.41. The Balaban J connectivity index is 2.51. The van der Waals surface area contributed by atoms with Crippen LogP contribution in [-0.2, 0) is 9.31 Å². The van der Waals surface area contributed by atoms with Crippen molar-refractivity contribution in [1.82, 2.24) is 4.98 Å². The lowest BCUT2D eigenvalue weighted by Gasteiger charge is -2.32. The summed E-state index contributed by atoms with van der Waals surface area (Å²) in [6.45, 7) is 7.28. The second-order valence-electron chi connectivity index (χ2n) is 8.49. The largest absolute Gasteiger partial charge is 0.497 e. The molecule has 0 amide bonds. The van der Waals surface area contributed by atoms with Crippen LogP contribution in [0.25, 0.3) is 11.1 Å². The molecule has 0 radical (unpaired) electrons. The molecule has 1 aromatic heterocycles. The van der Waals surface area contributed by atoms with E-state index in [-0.39, 0.29) is 16.8 Å². The Kier molecular flexibility index (Phi) is 5.94. The number of pyridine rings is 1. The number of anilines is 1. The molecule has 5 N–H and O–H groups in total. The fourth-order valence-electron chi connectivity index (χ4n) is 3.61. The molecule has 0 aliphatic carbocycles. The van der Waals surface area contributed by atoms with Crippen molar-refractivity contribution in [2.75, 3.05) is 20.0 Å². The quantitative estimate of drug-likeness (QED) is 0.461. The Morgan fingerprint density at radius 2 is 1.52 bits per heavy atom. The van der Waals surface area contributed by atoms with Crippen LogP contribution in [0.15, 0.2) is 16.9 Å². The average Bonchev–Trinajstić information content (AvgIpc) is 2.92. The van der Waals surface area contributed by atoms with Gasteiger partial charge < -0.3 is 39.7 Å². The Morgan fingerprint density at radius 3 is 1.97 bits per heavy atom. The number of nitrogens with one attached hydrogen (secondary N) is 1. The number of hydrogen-bond donors (Lipinski definition) is 4. The normalized spacial score (nSPS) is 16.5. The van der Waals surface area contributed by atoms with Crippen molar-refractivity contribution in [2.24, 2.45) is 0 Å². The molecule has 0 saturated carbocycles. The Labute approximate surface area is 189 Å². The van der Waals surface area contributed by atoms with Crippen molar-refractivity contribution >= 4 is 30.3 Å². The van der Waals surface area contributed by atoms with Crippen molar-refractivity contribution in [1.29, 1.82) is 0 Å². The maximum absolute atomic E-state index is 12.6. The minimum atomic E-state index is -1.65. The van der Waals surface area contributed by atoms with E-state index in [9.17, 15) is 24.6 Å². The van der Waals surface area contributed by atoms with E-state index < -0.39 is 58.3 Å². The molecule has 0 unspecified atom stereocenters. The van der Waals surface area contributed by atoms with Gasteiger partial charge in [0.15, 0.2) is 0 Å². The fourth-order valence-corrected chi connectivity index (χ4v) is 3.61. The monoisotopic (exact) mass is 460 g/mol. The van der Waals surface area contributed by atoms with E-state index >= 15 is 0 Å². The highest BCUT2D eigenvalue weighted by Gasteiger charge is 2.53. The molecule has 176 valence electrons. The number of aromatic carboxylic acids is 2. The number of benzene rings is 1. The maximum atomic E-state index is 12.6. The van der Waals surface area contributed by atoms with E-state index in [1.807, 2.05) is 27.7 Å². The van der Waals surface area contributed by atoms with E-state index in [0.717, 1.165) is 0 Å². The number of H-pyrrole nitrogens is 1. The van der Waals surface area contributed by atoms with Gasteiger partial charge in [-0.05, 0) is 39.2 Å². The van der Waals surface area contributed by atoms with Crippen LogP contribution >= 0.6 is 0 Å². The molecule has 1 aliphatic heterocycles. The third kappa shape index (κ3) is 3.91. The van der Waals surface area contributed by atoms with Crippen molar-refractivity contribution in [2.45, 2.75) is 38.9 Å². The summed E-state index contributed by atoms with van der Waals surface area (Å²) in [4.78, 5) is 38.9. The molecule has 2 aromatic rings. The summed E-state index contributed by atoms with van der Waals surface area (Å²) in [6, 6.07) is 2.94. The van der Waals surface area contributed by atoms with Gasteiger partial charge in [-0.2, -0.15) is 0 Å². The number of rotatable bonds is 6. The van der Waals surface area contributed by atoms with Crippen molar-refractivity contribution < 1.29 is 38.6 Å². The molecule has 1 saturated heterocycles. The predicted molar refractivity (Wildman–Crippen MR) is 120 cm³/mol. The highest BCUT2D eigenvalue weighted by atomic mass is 16.7. The average molecular weight is 460 g/mol. The number of ether oxygens (including phenoxy) is 2. The number of nitrogen functional groups attached to an aromatic ring is 1. The maximum Gasteiger partial charge on any atom is 0.495 e. The van der Waals surface area contributed by atoms with Crippen LogP contribution in [0.4, 0.5) is 5.82 Å². The van der Waals surface area contributed by atoms with E-state index in [0.29, 0.717) is 5.75 Å². The third-order valence-corrected chi connectivity index (χ3v) is 5.99. The summed E-state index contributed by atoms with van der Waals surface area (Å²) in [5.41, 5.74) is 1.52. The SMILES string of the molecule is COc1cc(OC)c(-c2c(C(=O)O)c(N)[nH]c(=O)c2C(=O)O)c(B2OC(C)(C)C(C)(C)O2)c1. The van der Waals surface area contributed by atoms with E-state index in [1.165, 1.54) is 26.4 Å². The first-order valence-corrected chi connectivity index (χ1v) is 9.90. The summed E-state index contributed by atoms with van der Waals surface area (Å²) >= 11 is 0. The first-order chi connectivity index (χ1) is 15.3. The molecule has 33 heavy (non-hydrogen) atoms. The molecule has 0 bridgehead atoms. The van der Waals surface area contributed by atoms with Crippen molar-refractivity contribution in [3.8, 4) is 22.6 Å². The van der Waals surface area contributed by atoms with Crippen molar-refractivity contribution in [3.05, 3.63) is 33.6 Å². The van der Waals surface area contributed by atoms with E-state index in [2.05, 4.69) is 4.98 Å². The molecule has 3 rings (SSSR count). The second-order valence-corrected chi connectivity index (χ2v) is 8.49. The first-order valence-electron chi connectivity index (χ1n) is 9.90. The van der Waals surface area contributed by atoms with Gasteiger partial charge in [0.1, 0.15) is 28.4 Å². The minimum absolute atomic E-state index is 0.0237. The van der Waals surface area contributed by atoms with Gasteiger partial charge in [0.2, 0.25) is 0 Å². The first kappa shape index (κ1) is 24.1. The predicted octanol–water partition coefficient (Wildman–Crippen LogP) is 1.34. The molecular formula is C21H25BN2O9. The summed E-state index contributed by atoms with van der Waals surface area (Å²) < 4.78 is 23.1. The number of aromatic nitrogens is 1. The number of carboxylic acids is 2. The molecule has 2 heterocycles. The Bertz CT molecular complexity index is 1190. The smallest absolute Gasteiger partial charge is 0.495 e. The highest BCUT2D eigenvalue weighted by molar-refractivity contribution is 6.64. The van der Waals surface area contributed by atoms with Crippen molar-refractivity contribution in [3.63, 3.8) is 0 Å². The number of aromatic amines is 1. The summed E-state index contributed by atoms with van der Waals surface area (Å²) in [7, 11) is 1.65. The Hall–Kier alpha value is -3.51. The van der Waals surface area contributed by atoms with Gasteiger partial charge in [-0.15, -0.1) is 0 Å². The van der Waals surface area contributed by atoms with Gasteiger partial charge in [-0.1, -0.05) is 0 Å². The van der Waals surface area contributed by atoms with Gasteiger partial charge in [0, 0.05) is 17.2 Å². The molecular weight excluding hydrogens is 435 g/mol. The van der Waals surface area contributed by atoms with Crippen LogP contribution in [0.1, 0.15) is 48.4 Å².